The molecule has 0 N–H and O–H groups in total. The Morgan fingerprint density at radius 2 is 1.37 bits per heavy atom. The van der Waals surface area contributed by atoms with Crippen LogP contribution >= 0.6 is 0 Å². The van der Waals surface area contributed by atoms with Crippen LogP contribution in [0.3, 0.4) is 0 Å². The fourth-order valence-electron chi connectivity index (χ4n) is 3.45. The zero-order chi connectivity index (χ0) is 20.8. The standard InChI is InChI=1S/C23H26N4O3/c1-28-19-5-3-18(4-6-19)16-26-11-13-27(14-12-26)22-15-23(25-17-24-22)30-21-9-7-20(29-2)8-10-21/h3-10,15,17H,11-14,16H2,1-2H3. The second-order valence-corrected chi connectivity index (χ2v) is 7.10. The van der Waals surface area contributed by atoms with Gasteiger partial charge in [0.15, 0.2) is 0 Å². The number of hydrogen-bond donors (Lipinski definition) is 0. The molecule has 0 amide bonds. The summed E-state index contributed by atoms with van der Waals surface area (Å²) < 4.78 is 16.3. The highest BCUT2D eigenvalue weighted by Crippen LogP contribution is 2.25. The average molecular weight is 406 g/mol. The second kappa shape index (κ2) is 9.45. The van der Waals surface area contributed by atoms with E-state index in [0.29, 0.717) is 11.6 Å². The number of methoxy groups -OCH3 is 2. The van der Waals surface area contributed by atoms with E-state index < -0.39 is 0 Å². The van der Waals surface area contributed by atoms with Gasteiger partial charge in [0.2, 0.25) is 5.88 Å². The molecule has 3 aromatic rings. The van der Waals surface area contributed by atoms with Crippen molar-refractivity contribution in [3.63, 3.8) is 0 Å². The smallest absolute Gasteiger partial charge is 0.224 e. The van der Waals surface area contributed by atoms with Gasteiger partial charge < -0.3 is 19.1 Å². The lowest BCUT2D eigenvalue weighted by Gasteiger charge is -2.35. The van der Waals surface area contributed by atoms with E-state index >= 15 is 0 Å². The Balaban J connectivity index is 1.33. The van der Waals surface area contributed by atoms with Gasteiger partial charge in [0.1, 0.15) is 29.4 Å². The molecule has 0 bridgehead atoms. The zero-order valence-corrected chi connectivity index (χ0v) is 17.3. The summed E-state index contributed by atoms with van der Waals surface area (Å²) in [6.45, 7) is 4.72. The quantitative estimate of drug-likeness (QED) is 0.594. The SMILES string of the molecule is COc1ccc(CN2CCN(c3cc(Oc4ccc(OC)cc4)ncn3)CC2)cc1. The monoisotopic (exact) mass is 406 g/mol. The summed E-state index contributed by atoms with van der Waals surface area (Å²) in [5.74, 6) is 3.81. The molecule has 1 fully saturated rings. The van der Waals surface area contributed by atoms with Gasteiger partial charge in [0.05, 0.1) is 14.2 Å². The molecule has 7 nitrogen and oxygen atoms in total. The van der Waals surface area contributed by atoms with Crippen LogP contribution in [0.15, 0.2) is 60.9 Å². The molecule has 1 aliphatic heterocycles. The lowest BCUT2D eigenvalue weighted by Crippen LogP contribution is -2.46. The predicted molar refractivity (Wildman–Crippen MR) is 116 cm³/mol. The average Bonchev–Trinajstić information content (AvgIpc) is 2.81. The molecule has 0 aliphatic carbocycles. The van der Waals surface area contributed by atoms with Crippen LogP contribution in [0.2, 0.25) is 0 Å². The number of piperazine rings is 1. The first-order valence-corrected chi connectivity index (χ1v) is 9.97. The number of benzene rings is 2. The molecule has 1 saturated heterocycles. The van der Waals surface area contributed by atoms with E-state index in [4.69, 9.17) is 14.2 Å². The minimum Gasteiger partial charge on any atom is -0.497 e. The number of nitrogens with zero attached hydrogens (tertiary/aromatic N) is 4. The number of anilines is 1. The minimum atomic E-state index is 0.533. The van der Waals surface area contributed by atoms with Gasteiger partial charge in [0, 0.05) is 38.8 Å². The molecule has 7 heteroatoms. The fraction of sp³-hybridized carbons (Fsp3) is 0.304. The van der Waals surface area contributed by atoms with Crippen molar-refractivity contribution in [3.8, 4) is 23.1 Å². The van der Waals surface area contributed by atoms with Crippen LogP contribution < -0.4 is 19.1 Å². The highest BCUT2D eigenvalue weighted by molar-refractivity contribution is 5.43. The van der Waals surface area contributed by atoms with E-state index in [9.17, 15) is 0 Å². The van der Waals surface area contributed by atoms with Crippen molar-refractivity contribution in [1.29, 1.82) is 0 Å². The van der Waals surface area contributed by atoms with Crippen LogP contribution in [-0.4, -0.2) is 55.3 Å². The van der Waals surface area contributed by atoms with Crippen LogP contribution in [0.1, 0.15) is 5.56 Å². The Kier molecular flexibility index (Phi) is 6.29. The van der Waals surface area contributed by atoms with E-state index in [1.807, 2.05) is 42.5 Å². The van der Waals surface area contributed by atoms with Gasteiger partial charge in [-0.15, -0.1) is 0 Å². The van der Waals surface area contributed by atoms with Gasteiger partial charge in [-0.05, 0) is 42.0 Å². The van der Waals surface area contributed by atoms with Gasteiger partial charge in [-0.1, -0.05) is 12.1 Å². The van der Waals surface area contributed by atoms with Crippen LogP contribution in [0, 0.1) is 0 Å². The highest BCUT2D eigenvalue weighted by atomic mass is 16.5. The zero-order valence-electron chi connectivity index (χ0n) is 17.3. The molecule has 0 unspecified atom stereocenters. The van der Waals surface area contributed by atoms with Crippen molar-refractivity contribution in [2.75, 3.05) is 45.3 Å². The maximum absolute atomic E-state index is 5.87. The van der Waals surface area contributed by atoms with E-state index in [-0.39, 0.29) is 0 Å². The third kappa shape index (κ3) is 4.99. The summed E-state index contributed by atoms with van der Waals surface area (Å²) >= 11 is 0. The molecule has 4 rings (SSSR count). The van der Waals surface area contributed by atoms with Crippen molar-refractivity contribution >= 4 is 5.82 Å². The largest absolute Gasteiger partial charge is 0.497 e. The van der Waals surface area contributed by atoms with Gasteiger partial charge in [-0.25, -0.2) is 9.97 Å². The molecule has 2 aromatic carbocycles. The van der Waals surface area contributed by atoms with E-state index in [2.05, 4.69) is 31.9 Å². The maximum atomic E-state index is 5.87. The predicted octanol–water partition coefficient (Wildman–Crippen LogP) is 3.61. The normalized spacial score (nSPS) is 14.4. The second-order valence-electron chi connectivity index (χ2n) is 7.10. The fourth-order valence-corrected chi connectivity index (χ4v) is 3.45. The van der Waals surface area contributed by atoms with Crippen LogP contribution in [0.25, 0.3) is 0 Å². The van der Waals surface area contributed by atoms with Gasteiger partial charge >= 0.3 is 0 Å². The molecule has 2 heterocycles. The Hall–Kier alpha value is -3.32. The van der Waals surface area contributed by atoms with Crippen molar-refractivity contribution in [2.45, 2.75) is 6.54 Å². The van der Waals surface area contributed by atoms with Gasteiger partial charge in [-0.3, -0.25) is 4.90 Å². The maximum Gasteiger partial charge on any atom is 0.224 e. The van der Waals surface area contributed by atoms with Gasteiger partial charge in [-0.2, -0.15) is 0 Å². The summed E-state index contributed by atoms with van der Waals surface area (Å²) in [6.07, 6.45) is 1.55. The molecule has 1 aliphatic rings. The Labute approximate surface area is 176 Å². The molecule has 0 saturated carbocycles. The number of ether oxygens (including phenoxy) is 3. The number of aromatic nitrogens is 2. The highest BCUT2D eigenvalue weighted by Gasteiger charge is 2.19. The molecule has 0 spiro atoms. The molecule has 1 aromatic heterocycles. The lowest BCUT2D eigenvalue weighted by atomic mass is 10.2. The first kappa shape index (κ1) is 20.0. The van der Waals surface area contributed by atoms with E-state index in [1.165, 1.54) is 5.56 Å². The Morgan fingerprint density at radius 3 is 2.00 bits per heavy atom. The molecule has 156 valence electrons. The summed E-state index contributed by atoms with van der Waals surface area (Å²) in [7, 11) is 3.33. The first-order chi connectivity index (χ1) is 14.7. The number of hydrogen-bond acceptors (Lipinski definition) is 7. The van der Waals surface area contributed by atoms with Crippen molar-refractivity contribution < 1.29 is 14.2 Å². The molecular weight excluding hydrogens is 380 g/mol. The third-order valence-electron chi connectivity index (χ3n) is 5.17. The summed E-state index contributed by atoms with van der Waals surface area (Å²) in [5.41, 5.74) is 1.29. The molecule has 30 heavy (non-hydrogen) atoms. The Morgan fingerprint density at radius 1 is 0.767 bits per heavy atom. The minimum absolute atomic E-state index is 0.533. The first-order valence-electron chi connectivity index (χ1n) is 9.97. The van der Waals surface area contributed by atoms with Crippen LogP contribution in [0.4, 0.5) is 5.82 Å². The molecular formula is C23H26N4O3. The van der Waals surface area contributed by atoms with Crippen LogP contribution in [-0.2, 0) is 6.54 Å². The third-order valence-corrected chi connectivity index (χ3v) is 5.17. The molecule has 0 radical (unpaired) electrons. The van der Waals surface area contributed by atoms with Crippen molar-refractivity contribution in [2.24, 2.45) is 0 Å². The van der Waals surface area contributed by atoms with E-state index in [1.54, 1.807) is 20.5 Å². The Bertz CT molecular complexity index is 939. The molecule has 0 atom stereocenters. The summed E-state index contributed by atoms with van der Waals surface area (Å²) in [4.78, 5) is 13.4. The van der Waals surface area contributed by atoms with Crippen molar-refractivity contribution in [1.82, 2.24) is 14.9 Å². The summed E-state index contributed by atoms with van der Waals surface area (Å²) in [5, 5.41) is 0. The van der Waals surface area contributed by atoms with Crippen molar-refractivity contribution in [3.05, 3.63) is 66.5 Å². The van der Waals surface area contributed by atoms with Gasteiger partial charge in [0.25, 0.3) is 0 Å². The number of rotatable bonds is 7. The van der Waals surface area contributed by atoms with Crippen LogP contribution in [0.5, 0.6) is 23.1 Å². The van der Waals surface area contributed by atoms with E-state index in [0.717, 1.165) is 50.0 Å². The summed E-state index contributed by atoms with van der Waals surface area (Å²) in [6, 6.07) is 17.6. The topological polar surface area (TPSA) is 60.0 Å². The lowest BCUT2D eigenvalue weighted by molar-refractivity contribution is 0.249.